The molecule has 0 bridgehead atoms. The average molecular weight is 399 g/mol. The highest BCUT2D eigenvalue weighted by molar-refractivity contribution is 5.95. The third-order valence-electron chi connectivity index (χ3n) is 4.79. The van der Waals surface area contributed by atoms with Crippen molar-refractivity contribution in [3.8, 4) is 11.5 Å². The summed E-state index contributed by atoms with van der Waals surface area (Å²) < 4.78 is 15.5. The van der Waals surface area contributed by atoms with Gasteiger partial charge in [0.15, 0.2) is 0 Å². The topological polar surface area (TPSA) is 65.1 Å². The molecule has 0 saturated heterocycles. The van der Waals surface area contributed by atoms with Crippen molar-refractivity contribution >= 4 is 11.9 Å². The van der Waals surface area contributed by atoms with Gasteiger partial charge in [-0.15, -0.1) is 0 Å². The molecule has 29 heavy (non-hydrogen) atoms. The maximum absolute atomic E-state index is 13.3. The molecule has 0 aliphatic carbocycles. The fraction of sp³-hybridized carbons (Fsp3) is 0.391. The number of ether oxygens (including phenoxy) is 3. The minimum absolute atomic E-state index is 0.108. The first-order valence-corrected chi connectivity index (χ1v) is 9.62. The Bertz CT molecular complexity index is 794. The fourth-order valence-electron chi connectivity index (χ4n) is 3.12. The lowest BCUT2D eigenvalue weighted by molar-refractivity contribution is -0.140. The van der Waals surface area contributed by atoms with Crippen molar-refractivity contribution < 1.29 is 23.8 Å². The molecule has 0 N–H and O–H groups in total. The Morgan fingerprint density at radius 3 is 2.10 bits per heavy atom. The summed E-state index contributed by atoms with van der Waals surface area (Å²) in [7, 11) is 4.53. The molecule has 0 heterocycles. The molecule has 0 aliphatic rings. The van der Waals surface area contributed by atoms with Crippen LogP contribution in [0, 0.1) is 6.92 Å². The van der Waals surface area contributed by atoms with Gasteiger partial charge in [0, 0.05) is 30.6 Å². The zero-order chi connectivity index (χ0) is 21.2. The van der Waals surface area contributed by atoms with Gasteiger partial charge in [0.2, 0.25) is 0 Å². The van der Waals surface area contributed by atoms with E-state index in [9.17, 15) is 9.59 Å². The Morgan fingerprint density at radius 1 is 0.931 bits per heavy atom. The lowest BCUT2D eigenvalue weighted by Gasteiger charge is -2.24. The van der Waals surface area contributed by atoms with Gasteiger partial charge in [0.05, 0.1) is 21.3 Å². The van der Waals surface area contributed by atoms with Crippen LogP contribution in [0.15, 0.2) is 42.5 Å². The first-order chi connectivity index (χ1) is 14.0. The Labute approximate surface area is 172 Å². The van der Waals surface area contributed by atoms with Crippen molar-refractivity contribution in [1.82, 2.24) is 4.90 Å². The smallest absolute Gasteiger partial charge is 0.305 e. The normalized spacial score (nSPS) is 10.3. The molecule has 0 aliphatic heterocycles. The van der Waals surface area contributed by atoms with Crippen LogP contribution in [-0.4, -0.2) is 44.7 Å². The van der Waals surface area contributed by atoms with E-state index in [1.807, 2.05) is 37.3 Å². The van der Waals surface area contributed by atoms with Crippen molar-refractivity contribution in [2.24, 2.45) is 0 Å². The summed E-state index contributed by atoms with van der Waals surface area (Å²) in [6, 6.07) is 13.3. The van der Waals surface area contributed by atoms with Gasteiger partial charge in [0.25, 0.3) is 5.91 Å². The highest BCUT2D eigenvalue weighted by atomic mass is 16.5. The quantitative estimate of drug-likeness (QED) is 0.446. The summed E-state index contributed by atoms with van der Waals surface area (Å²) in [5.74, 6) is 0.874. The Kier molecular flexibility index (Phi) is 8.52. The monoisotopic (exact) mass is 399 g/mol. The zero-order valence-electron chi connectivity index (χ0n) is 17.6. The van der Waals surface area contributed by atoms with E-state index in [0.717, 1.165) is 11.1 Å². The molecular weight excluding hydrogens is 370 g/mol. The zero-order valence-corrected chi connectivity index (χ0v) is 17.6. The van der Waals surface area contributed by atoms with Gasteiger partial charge >= 0.3 is 5.97 Å². The molecule has 0 spiro atoms. The van der Waals surface area contributed by atoms with Gasteiger partial charge in [-0.05, 0) is 37.5 Å². The number of nitrogens with zero attached hydrogens (tertiary/aromatic N) is 1. The molecule has 156 valence electrons. The molecule has 2 aromatic rings. The summed E-state index contributed by atoms with van der Waals surface area (Å²) in [6.07, 6.45) is 1.70. The molecule has 0 aromatic heterocycles. The number of esters is 1. The number of carbonyl (C=O) groups is 2. The fourth-order valence-corrected chi connectivity index (χ4v) is 3.12. The highest BCUT2D eigenvalue weighted by Crippen LogP contribution is 2.30. The molecule has 0 fully saturated rings. The third-order valence-corrected chi connectivity index (χ3v) is 4.79. The van der Waals surface area contributed by atoms with Gasteiger partial charge in [0.1, 0.15) is 11.5 Å². The second-order valence-corrected chi connectivity index (χ2v) is 6.75. The van der Waals surface area contributed by atoms with Gasteiger partial charge < -0.3 is 19.1 Å². The first-order valence-electron chi connectivity index (χ1n) is 9.62. The number of rotatable bonds is 10. The molecule has 0 atom stereocenters. The number of unbranched alkanes of at least 4 members (excludes halogenated alkanes) is 1. The van der Waals surface area contributed by atoms with Crippen molar-refractivity contribution in [1.29, 1.82) is 0 Å². The van der Waals surface area contributed by atoms with Crippen molar-refractivity contribution in [3.63, 3.8) is 0 Å². The summed E-state index contributed by atoms with van der Waals surface area (Å²) in [6.45, 7) is 2.90. The van der Waals surface area contributed by atoms with Crippen LogP contribution in [0.1, 0.15) is 40.7 Å². The van der Waals surface area contributed by atoms with Crippen LogP contribution in [0.2, 0.25) is 0 Å². The number of hydrogen-bond donors (Lipinski definition) is 0. The molecule has 6 nitrogen and oxygen atoms in total. The largest absolute Gasteiger partial charge is 0.496 e. The second kappa shape index (κ2) is 11.1. The molecule has 0 unspecified atom stereocenters. The van der Waals surface area contributed by atoms with E-state index < -0.39 is 0 Å². The molecule has 2 aromatic carbocycles. The van der Waals surface area contributed by atoms with Crippen LogP contribution in [0.25, 0.3) is 0 Å². The van der Waals surface area contributed by atoms with Gasteiger partial charge in [-0.3, -0.25) is 9.59 Å². The Balaban J connectivity index is 2.22. The first kappa shape index (κ1) is 22.3. The Hall–Kier alpha value is -3.02. The summed E-state index contributed by atoms with van der Waals surface area (Å²) in [5, 5.41) is 0. The van der Waals surface area contributed by atoms with Crippen molar-refractivity contribution in [2.45, 2.75) is 32.7 Å². The van der Waals surface area contributed by atoms with E-state index in [4.69, 9.17) is 9.47 Å². The number of benzene rings is 2. The van der Waals surface area contributed by atoms with E-state index in [2.05, 4.69) is 4.74 Å². The summed E-state index contributed by atoms with van der Waals surface area (Å²) in [4.78, 5) is 26.4. The van der Waals surface area contributed by atoms with E-state index in [0.29, 0.717) is 49.4 Å². The van der Waals surface area contributed by atoms with E-state index in [1.165, 1.54) is 7.11 Å². The number of carbonyl (C=O) groups excluding carboxylic acids is 2. The van der Waals surface area contributed by atoms with Crippen LogP contribution >= 0.6 is 0 Å². The van der Waals surface area contributed by atoms with Crippen LogP contribution in [0.4, 0.5) is 0 Å². The van der Waals surface area contributed by atoms with E-state index in [-0.39, 0.29) is 11.9 Å². The molecule has 0 radical (unpaired) electrons. The maximum atomic E-state index is 13.3. The standard InChI is InChI=1S/C23H29NO5/c1-17-20(27-2)14-19(15-21(17)28-3)23(26)24(13-9-8-12-22(25)29-4)16-18-10-6-5-7-11-18/h5-7,10-11,14-15H,8-9,12-13,16H2,1-4H3. The van der Waals surface area contributed by atoms with E-state index >= 15 is 0 Å². The minimum Gasteiger partial charge on any atom is -0.496 e. The lowest BCUT2D eigenvalue weighted by atomic mass is 10.1. The van der Waals surface area contributed by atoms with Crippen molar-refractivity contribution in [3.05, 3.63) is 59.2 Å². The van der Waals surface area contributed by atoms with Gasteiger partial charge in [-0.1, -0.05) is 30.3 Å². The molecule has 2 rings (SSSR count). The van der Waals surface area contributed by atoms with E-state index in [1.54, 1.807) is 31.3 Å². The lowest BCUT2D eigenvalue weighted by Crippen LogP contribution is -2.31. The Morgan fingerprint density at radius 2 is 1.55 bits per heavy atom. The molecule has 0 saturated carbocycles. The minimum atomic E-state index is -0.237. The van der Waals surface area contributed by atoms with Crippen LogP contribution in [0.3, 0.4) is 0 Å². The van der Waals surface area contributed by atoms with Crippen LogP contribution in [0.5, 0.6) is 11.5 Å². The second-order valence-electron chi connectivity index (χ2n) is 6.75. The SMILES string of the molecule is COC(=O)CCCCN(Cc1ccccc1)C(=O)c1cc(OC)c(C)c(OC)c1. The van der Waals surface area contributed by atoms with Crippen molar-refractivity contribution in [2.75, 3.05) is 27.9 Å². The van der Waals surface area contributed by atoms with Gasteiger partial charge in [-0.2, -0.15) is 0 Å². The average Bonchev–Trinajstić information content (AvgIpc) is 2.75. The predicted molar refractivity (Wildman–Crippen MR) is 111 cm³/mol. The number of amides is 1. The number of hydrogen-bond acceptors (Lipinski definition) is 5. The summed E-state index contributed by atoms with van der Waals surface area (Å²) >= 11 is 0. The van der Waals surface area contributed by atoms with Gasteiger partial charge in [-0.25, -0.2) is 0 Å². The van der Waals surface area contributed by atoms with Crippen LogP contribution in [-0.2, 0) is 16.1 Å². The molecule has 6 heteroatoms. The van der Waals surface area contributed by atoms with Crippen LogP contribution < -0.4 is 9.47 Å². The molecular formula is C23H29NO5. The third kappa shape index (κ3) is 6.24. The number of methoxy groups -OCH3 is 3. The molecule has 1 amide bonds. The summed E-state index contributed by atoms with van der Waals surface area (Å²) in [5.41, 5.74) is 2.40. The maximum Gasteiger partial charge on any atom is 0.305 e. The highest BCUT2D eigenvalue weighted by Gasteiger charge is 2.20. The predicted octanol–water partition coefficient (Wildman–Crippen LogP) is 4.00.